The fourth-order valence-electron chi connectivity index (χ4n) is 0.859. The van der Waals surface area contributed by atoms with Gasteiger partial charge in [-0.15, -0.1) is 12.4 Å². The van der Waals surface area contributed by atoms with E-state index in [1.165, 1.54) is 12.1 Å². The molecular weight excluding hydrogens is 329 g/mol. The van der Waals surface area contributed by atoms with Gasteiger partial charge >= 0.3 is 6.18 Å². The molecule has 1 aromatic carbocycles. The van der Waals surface area contributed by atoms with Crippen LogP contribution in [0.3, 0.4) is 0 Å². The molecule has 1 nitrogen and oxygen atoms in total. The summed E-state index contributed by atoms with van der Waals surface area (Å²) in [6, 6.07) is 4.09. The Labute approximate surface area is 99.4 Å². The summed E-state index contributed by atoms with van der Waals surface area (Å²) in [6.45, 7) is 0. The van der Waals surface area contributed by atoms with Crippen LogP contribution in [0.25, 0.3) is 0 Å². The van der Waals surface area contributed by atoms with Crippen molar-refractivity contribution < 1.29 is 13.2 Å². The lowest BCUT2D eigenvalue weighted by Gasteiger charge is -2.15. The number of alkyl halides is 3. The summed E-state index contributed by atoms with van der Waals surface area (Å²) in [4.78, 5) is 0. The van der Waals surface area contributed by atoms with Gasteiger partial charge in [-0.1, -0.05) is 12.1 Å². The molecule has 0 fully saturated rings. The van der Waals surface area contributed by atoms with Crippen LogP contribution in [0, 0.1) is 3.57 Å². The standard InChI is InChI=1S/C8H7F3IN.ClH/c9-8(10,11)7(13)5-1-3-6(12)4-2-5;/h1-4,7H,13H2;1H/t7-;/m0./s1. The Hall–Kier alpha value is -0.0100. The molecule has 0 spiro atoms. The Morgan fingerprint density at radius 3 is 1.93 bits per heavy atom. The number of hydrogen-bond donors (Lipinski definition) is 1. The van der Waals surface area contributed by atoms with Gasteiger partial charge in [0, 0.05) is 3.57 Å². The molecule has 0 saturated carbocycles. The third kappa shape index (κ3) is 3.62. The van der Waals surface area contributed by atoms with E-state index in [9.17, 15) is 13.2 Å². The Balaban J connectivity index is 0.00000169. The molecule has 0 aromatic heterocycles. The van der Waals surface area contributed by atoms with Crippen LogP contribution in [0.1, 0.15) is 11.6 Å². The van der Waals surface area contributed by atoms with Crippen LogP contribution in [0.15, 0.2) is 24.3 Å². The van der Waals surface area contributed by atoms with E-state index in [4.69, 9.17) is 5.73 Å². The van der Waals surface area contributed by atoms with Crippen LogP contribution in [-0.4, -0.2) is 6.18 Å². The Morgan fingerprint density at radius 1 is 1.14 bits per heavy atom. The topological polar surface area (TPSA) is 26.0 Å². The lowest BCUT2D eigenvalue weighted by atomic mass is 10.1. The monoisotopic (exact) mass is 337 g/mol. The van der Waals surface area contributed by atoms with Gasteiger partial charge < -0.3 is 5.73 Å². The average Bonchev–Trinajstić information content (AvgIpc) is 2.03. The van der Waals surface area contributed by atoms with Gasteiger partial charge in [-0.3, -0.25) is 0 Å². The lowest BCUT2D eigenvalue weighted by molar-refractivity contribution is -0.149. The van der Waals surface area contributed by atoms with Crippen LogP contribution in [-0.2, 0) is 0 Å². The molecule has 0 aliphatic rings. The number of nitrogens with two attached hydrogens (primary N) is 1. The maximum absolute atomic E-state index is 12.1. The second-order valence-corrected chi connectivity index (χ2v) is 3.82. The molecule has 1 rings (SSSR count). The highest BCUT2D eigenvalue weighted by Gasteiger charge is 2.37. The van der Waals surface area contributed by atoms with Crippen LogP contribution in [0.2, 0.25) is 0 Å². The van der Waals surface area contributed by atoms with Gasteiger partial charge in [0.15, 0.2) is 0 Å². The smallest absolute Gasteiger partial charge is 0.316 e. The third-order valence-corrected chi connectivity index (χ3v) is 2.30. The fraction of sp³-hybridized carbons (Fsp3) is 0.250. The van der Waals surface area contributed by atoms with Crippen molar-refractivity contribution >= 4 is 35.0 Å². The number of rotatable bonds is 1. The first kappa shape index (κ1) is 14.0. The van der Waals surface area contributed by atoms with Crippen molar-refractivity contribution in [2.45, 2.75) is 12.2 Å². The van der Waals surface area contributed by atoms with Crippen molar-refractivity contribution in [1.82, 2.24) is 0 Å². The predicted octanol–water partition coefficient (Wildman–Crippen LogP) is 3.28. The summed E-state index contributed by atoms with van der Waals surface area (Å²) in [7, 11) is 0. The lowest BCUT2D eigenvalue weighted by Crippen LogP contribution is -2.28. The van der Waals surface area contributed by atoms with Gasteiger partial charge in [-0.25, -0.2) is 0 Å². The van der Waals surface area contributed by atoms with E-state index >= 15 is 0 Å². The zero-order valence-corrected chi connectivity index (χ0v) is 9.86. The molecule has 0 saturated heterocycles. The second-order valence-electron chi connectivity index (χ2n) is 2.57. The highest BCUT2D eigenvalue weighted by molar-refractivity contribution is 14.1. The molecule has 1 atom stereocenters. The van der Waals surface area contributed by atoms with Gasteiger partial charge in [0.1, 0.15) is 6.04 Å². The van der Waals surface area contributed by atoms with Gasteiger partial charge in [0.2, 0.25) is 0 Å². The number of halogens is 5. The highest BCUT2D eigenvalue weighted by atomic mass is 127. The molecule has 80 valence electrons. The summed E-state index contributed by atoms with van der Waals surface area (Å²) < 4.78 is 37.2. The number of hydrogen-bond acceptors (Lipinski definition) is 1. The zero-order valence-electron chi connectivity index (χ0n) is 6.88. The van der Waals surface area contributed by atoms with E-state index in [0.29, 0.717) is 0 Å². The molecule has 0 aliphatic carbocycles. The first-order valence-corrected chi connectivity index (χ1v) is 4.57. The summed E-state index contributed by atoms with van der Waals surface area (Å²) in [5, 5.41) is 0. The summed E-state index contributed by atoms with van der Waals surface area (Å²) in [6.07, 6.45) is -4.37. The molecule has 0 radical (unpaired) electrons. The minimum atomic E-state index is -4.37. The Bertz CT molecular complexity index is 286. The quantitative estimate of drug-likeness (QED) is 0.782. The van der Waals surface area contributed by atoms with Crippen LogP contribution in [0.5, 0.6) is 0 Å². The largest absolute Gasteiger partial charge is 0.407 e. The van der Waals surface area contributed by atoms with Crippen molar-refractivity contribution in [3.63, 3.8) is 0 Å². The summed E-state index contributed by atoms with van der Waals surface area (Å²) in [5.74, 6) is 0. The first-order valence-electron chi connectivity index (χ1n) is 3.49. The maximum atomic E-state index is 12.1. The summed E-state index contributed by atoms with van der Waals surface area (Å²) >= 11 is 2.02. The van der Waals surface area contributed by atoms with Crippen LogP contribution >= 0.6 is 35.0 Å². The maximum Gasteiger partial charge on any atom is 0.407 e. The molecule has 1 aromatic rings. The number of benzene rings is 1. The van der Waals surface area contributed by atoms with Gasteiger partial charge in [0.25, 0.3) is 0 Å². The van der Waals surface area contributed by atoms with Crippen molar-refractivity contribution in [2.75, 3.05) is 0 Å². The fourth-order valence-corrected chi connectivity index (χ4v) is 1.22. The van der Waals surface area contributed by atoms with Crippen LogP contribution in [0.4, 0.5) is 13.2 Å². The molecule has 0 heterocycles. The first-order chi connectivity index (χ1) is 5.91. The average molecular weight is 338 g/mol. The van der Waals surface area contributed by atoms with Crippen molar-refractivity contribution in [1.29, 1.82) is 0 Å². The van der Waals surface area contributed by atoms with E-state index < -0.39 is 12.2 Å². The summed E-state index contributed by atoms with van der Waals surface area (Å²) in [5.41, 5.74) is 5.09. The zero-order chi connectivity index (χ0) is 10.1. The third-order valence-electron chi connectivity index (χ3n) is 1.58. The highest BCUT2D eigenvalue weighted by Crippen LogP contribution is 2.30. The van der Waals surface area contributed by atoms with E-state index in [1.807, 2.05) is 22.6 Å². The molecule has 0 unspecified atom stereocenters. The van der Waals surface area contributed by atoms with E-state index in [-0.39, 0.29) is 18.0 Å². The minimum Gasteiger partial charge on any atom is -0.316 e. The minimum absolute atomic E-state index is 0. The normalized spacial score (nSPS) is 13.2. The SMILES string of the molecule is Cl.N[C@@H](c1ccc(I)cc1)C(F)(F)F. The molecule has 0 bridgehead atoms. The van der Waals surface area contributed by atoms with Crippen molar-refractivity contribution in [3.8, 4) is 0 Å². The Kier molecular flexibility index (Phi) is 5.17. The van der Waals surface area contributed by atoms with Crippen molar-refractivity contribution in [3.05, 3.63) is 33.4 Å². The molecule has 2 N–H and O–H groups in total. The van der Waals surface area contributed by atoms with Gasteiger partial charge in [0.05, 0.1) is 0 Å². The Morgan fingerprint density at radius 2 is 1.57 bits per heavy atom. The van der Waals surface area contributed by atoms with E-state index in [2.05, 4.69) is 0 Å². The van der Waals surface area contributed by atoms with Crippen molar-refractivity contribution in [2.24, 2.45) is 5.73 Å². The van der Waals surface area contributed by atoms with Crippen LogP contribution < -0.4 is 5.73 Å². The molecule has 0 aliphatic heterocycles. The molecule has 0 amide bonds. The molecule has 14 heavy (non-hydrogen) atoms. The van der Waals surface area contributed by atoms with E-state index in [1.54, 1.807) is 12.1 Å². The predicted molar refractivity (Wildman–Crippen MR) is 59.4 cm³/mol. The van der Waals surface area contributed by atoms with Gasteiger partial charge in [-0.05, 0) is 40.3 Å². The second kappa shape index (κ2) is 5.18. The van der Waals surface area contributed by atoms with Gasteiger partial charge in [-0.2, -0.15) is 13.2 Å². The van der Waals surface area contributed by atoms with E-state index in [0.717, 1.165) is 3.57 Å². The molecule has 6 heteroatoms. The molecular formula is C8H8ClF3IN.